The molecule has 156 valence electrons. The van der Waals surface area contributed by atoms with Crippen LogP contribution in [0.1, 0.15) is 54.8 Å². The Kier molecular flexibility index (Phi) is 7.31. The molecule has 1 aliphatic carbocycles. The van der Waals surface area contributed by atoms with Crippen molar-refractivity contribution in [2.75, 3.05) is 32.8 Å². The van der Waals surface area contributed by atoms with E-state index in [0.717, 1.165) is 50.1 Å². The van der Waals surface area contributed by atoms with E-state index >= 15 is 0 Å². The molecule has 4 nitrogen and oxygen atoms in total. The summed E-state index contributed by atoms with van der Waals surface area (Å²) < 4.78 is 0. The zero-order valence-corrected chi connectivity index (χ0v) is 17.5. The molecule has 29 heavy (non-hydrogen) atoms. The normalized spacial score (nSPS) is 22.1. The van der Waals surface area contributed by atoms with Crippen LogP contribution >= 0.6 is 0 Å². The Bertz CT molecular complexity index is 721. The summed E-state index contributed by atoms with van der Waals surface area (Å²) in [6.07, 6.45) is 7.98. The molecule has 4 heteroatoms. The van der Waals surface area contributed by atoms with Gasteiger partial charge in [-0.25, -0.2) is 0 Å². The summed E-state index contributed by atoms with van der Waals surface area (Å²) in [6, 6.07) is 15.5. The van der Waals surface area contributed by atoms with Crippen molar-refractivity contribution in [3.63, 3.8) is 0 Å². The molecule has 2 aromatic rings. The molecule has 2 fully saturated rings. The lowest BCUT2D eigenvalue weighted by Crippen LogP contribution is -2.36. The second kappa shape index (κ2) is 10.3. The molecule has 0 bridgehead atoms. The van der Waals surface area contributed by atoms with Crippen LogP contribution in [0.15, 0.2) is 48.7 Å². The molecule has 1 aliphatic heterocycles. The Labute approximate surface area is 175 Å². The lowest BCUT2D eigenvalue weighted by molar-refractivity contribution is 0.142. The molecule has 4 rings (SSSR count). The van der Waals surface area contributed by atoms with E-state index < -0.39 is 0 Å². The van der Waals surface area contributed by atoms with Crippen molar-refractivity contribution in [1.29, 1.82) is 0 Å². The standard InChI is InChI=1S/C25H35N3O/c29-15-5-14-28(20-25-6-1-2-11-26-25)19-22-16-24(17-22)23-9-7-21(8-10-23)18-27-12-3-4-13-27/h1-2,6-11,22,24,29H,3-5,12-20H2/t22-,24-. The van der Waals surface area contributed by atoms with Crippen molar-refractivity contribution < 1.29 is 5.11 Å². The van der Waals surface area contributed by atoms with Gasteiger partial charge in [-0.2, -0.15) is 0 Å². The molecule has 0 atom stereocenters. The van der Waals surface area contributed by atoms with Crippen LogP contribution in [0.4, 0.5) is 0 Å². The number of benzene rings is 1. The summed E-state index contributed by atoms with van der Waals surface area (Å²) in [5.41, 5.74) is 4.09. The fraction of sp³-hybridized carbons (Fsp3) is 0.560. The van der Waals surface area contributed by atoms with E-state index in [2.05, 4.69) is 51.2 Å². The highest BCUT2D eigenvalue weighted by molar-refractivity contribution is 5.27. The van der Waals surface area contributed by atoms with E-state index in [1.54, 1.807) is 0 Å². The Balaban J connectivity index is 1.25. The fourth-order valence-corrected chi connectivity index (χ4v) is 4.87. The largest absolute Gasteiger partial charge is 0.396 e. The summed E-state index contributed by atoms with van der Waals surface area (Å²) in [5, 5.41) is 9.24. The van der Waals surface area contributed by atoms with Gasteiger partial charge < -0.3 is 5.11 Å². The van der Waals surface area contributed by atoms with Crippen molar-refractivity contribution in [3.8, 4) is 0 Å². The van der Waals surface area contributed by atoms with E-state index in [0.29, 0.717) is 0 Å². The molecular formula is C25H35N3O. The van der Waals surface area contributed by atoms with Crippen LogP contribution in [0.25, 0.3) is 0 Å². The average Bonchev–Trinajstić information content (AvgIpc) is 3.23. The highest BCUT2D eigenvalue weighted by Gasteiger charge is 2.31. The minimum atomic E-state index is 0.260. The van der Waals surface area contributed by atoms with Crippen LogP contribution in [0.3, 0.4) is 0 Å². The molecule has 2 aliphatic rings. The lowest BCUT2D eigenvalue weighted by atomic mass is 9.71. The van der Waals surface area contributed by atoms with Crippen LogP contribution in [0.2, 0.25) is 0 Å². The summed E-state index contributed by atoms with van der Waals surface area (Å²) >= 11 is 0. The number of aliphatic hydroxyl groups is 1. The van der Waals surface area contributed by atoms with Crippen LogP contribution in [0.5, 0.6) is 0 Å². The first-order chi connectivity index (χ1) is 14.3. The van der Waals surface area contributed by atoms with Gasteiger partial charge in [0.2, 0.25) is 0 Å². The molecule has 2 heterocycles. The zero-order chi connectivity index (χ0) is 19.9. The van der Waals surface area contributed by atoms with Crippen molar-refractivity contribution in [1.82, 2.24) is 14.8 Å². The van der Waals surface area contributed by atoms with Gasteiger partial charge in [-0.15, -0.1) is 0 Å². The van der Waals surface area contributed by atoms with E-state index in [9.17, 15) is 5.11 Å². The van der Waals surface area contributed by atoms with Gasteiger partial charge in [0.1, 0.15) is 0 Å². The molecule has 1 aromatic carbocycles. The van der Waals surface area contributed by atoms with E-state index in [1.807, 2.05) is 12.3 Å². The zero-order valence-electron chi connectivity index (χ0n) is 17.5. The van der Waals surface area contributed by atoms with E-state index in [4.69, 9.17) is 0 Å². The maximum Gasteiger partial charge on any atom is 0.0543 e. The van der Waals surface area contributed by atoms with E-state index in [1.165, 1.54) is 49.9 Å². The third-order valence-electron chi connectivity index (χ3n) is 6.55. The summed E-state index contributed by atoms with van der Waals surface area (Å²) in [4.78, 5) is 9.51. The maximum absolute atomic E-state index is 9.24. The van der Waals surface area contributed by atoms with Crippen molar-refractivity contribution in [2.45, 2.75) is 51.1 Å². The number of hydrogen-bond donors (Lipinski definition) is 1. The van der Waals surface area contributed by atoms with Crippen LogP contribution in [0, 0.1) is 5.92 Å². The van der Waals surface area contributed by atoms with Crippen molar-refractivity contribution in [2.24, 2.45) is 5.92 Å². The van der Waals surface area contributed by atoms with Gasteiger partial charge in [0, 0.05) is 39.0 Å². The van der Waals surface area contributed by atoms with Gasteiger partial charge >= 0.3 is 0 Å². The number of aromatic nitrogens is 1. The number of nitrogens with zero attached hydrogens (tertiary/aromatic N) is 3. The number of likely N-dealkylation sites (tertiary alicyclic amines) is 1. The monoisotopic (exact) mass is 393 g/mol. The first-order valence-electron chi connectivity index (χ1n) is 11.3. The second-order valence-electron chi connectivity index (χ2n) is 8.89. The quantitative estimate of drug-likeness (QED) is 0.661. The van der Waals surface area contributed by atoms with Gasteiger partial charge in [-0.1, -0.05) is 30.3 Å². The first kappa shape index (κ1) is 20.5. The summed E-state index contributed by atoms with van der Waals surface area (Å²) in [6.45, 7) is 6.83. The Morgan fingerprint density at radius 2 is 1.83 bits per heavy atom. The van der Waals surface area contributed by atoms with Crippen LogP contribution in [-0.4, -0.2) is 52.7 Å². The van der Waals surface area contributed by atoms with Gasteiger partial charge in [0.25, 0.3) is 0 Å². The van der Waals surface area contributed by atoms with Gasteiger partial charge in [-0.3, -0.25) is 14.8 Å². The van der Waals surface area contributed by atoms with Gasteiger partial charge in [-0.05, 0) is 80.3 Å². The molecule has 1 aromatic heterocycles. The molecule has 1 saturated heterocycles. The topological polar surface area (TPSA) is 39.6 Å². The maximum atomic E-state index is 9.24. The molecule has 0 spiro atoms. The highest BCUT2D eigenvalue weighted by atomic mass is 16.3. The molecule has 1 saturated carbocycles. The Hall–Kier alpha value is -1.75. The van der Waals surface area contributed by atoms with Crippen LogP contribution < -0.4 is 0 Å². The third-order valence-corrected chi connectivity index (χ3v) is 6.55. The minimum absolute atomic E-state index is 0.260. The first-order valence-corrected chi connectivity index (χ1v) is 11.3. The van der Waals surface area contributed by atoms with Crippen LogP contribution in [-0.2, 0) is 13.1 Å². The second-order valence-corrected chi connectivity index (χ2v) is 8.89. The molecule has 0 radical (unpaired) electrons. The molecular weight excluding hydrogens is 358 g/mol. The number of rotatable bonds is 10. The Morgan fingerprint density at radius 3 is 2.52 bits per heavy atom. The predicted octanol–water partition coefficient (Wildman–Crippen LogP) is 4.06. The fourth-order valence-electron chi connectivity index (χ4n) is 4.87. The number of aliphatic hydroxyl groups excluding tert-OH is 1. The Morgan fingerprint density at radius 1 is 1.03 bits per heavy atom. The predicted molar refractivity (Wildman–Crippen MR) is 118 cm³/mol. The summed E-state index contributed by atoms with van der Waals surface area (Å²) in [5.74, 6) is 1.47. The average molecular weight is 394 g/mol. The highest BCUT2D eigenvalue weighted by Crippen LogP contribution is 2.42. The van der Waals surface area contributed by atoms with Crippen molar-refractivity contribution in [3.05, 3.63) is 65.5 Å². The lowest BCUT2D eigenvalue weighted by Gasteiger charge is -2.39. The molecule has 1 N–H and O–H groups in total. The number of pyridine rings is 1. The van der Waals surface area contributed by atoms with E-state index in [-0.39, 0.29) is 6.61 Å². The smallest absolute Gasteiger partial charge is 0.0543 e. The number of hydrogen-bond acceptors (Lipinski definition) is 4. The van der Waals surface area contributed by atoms with Gasteiger partial charge in [0.15, 0.2) is 0 Å². The molecule has 0 amide bonds. The summed E-state index contributed by atoms with van der Waals surface area (Å²) in [7, 11) is 0. The third kappa shape index (κ3) is 5.88. The molecule has 0 unspecified atom stereocenters. The van der Waals surface area contributed by atoms with Gasteiger partial charge in [0.05, 0.1) is 5.69 Å². The van der Waals surface area contributed by atoms with Crippen molar-refractivity contribution >= 4 is 0 Å². The SMILES string of the molecule is OCCCN(Cc1ccccn1)C[C@H]1C[C@H](c2ccc(CN3CCCC3)cc2)C1. The minimum Gasteiger partial charge on any atom is -0.396 e.